The second-order valence-corrected chi connectivity index (χ2v) is 4.20. The third-order valence-corrected chi connectivity index (χ3v) is 2.31. The zero-order chi connectivity index (χ0) is 11.3. The first-order chi connectivity index (χ1) is 7.15. The Morgan fingerprint density at radius 1 is 1.53 bits per heavy atom. The summed E-state index contributed by atoms with van der Waals surface area (Å²) < 4.78 is 2.19. The smallest absolute Gasteiger partial charge is 0.203 e. The molecule has 86 valence electrons. The Labute approximate surface area is 92.3 Å². The van der Waals surface area contributed by atoms with Crippen molar-refractivity contribution in [3.05, 3.63) is 12.4 Å². The SMILES string of the molecule is CCCNc1nccn1C(C)CN(C)C. The maximum Gasteiger partial charge on any atom is 0.203 e. The molecule has 1 heterocycles. The van der Waals surface area contributed by atoms with Crippen LogP contribution in [-0.4, -0.2) is 41.6 Å². The maximum atomic E-state index is 4.32. The van der Waals surface area contributed by atoms with Crippen LogP contribution in [0.5, 0.6) is 0 Å². The topological polar surface area (TPSA) is 33.1 Å². The van der Waals surface area contributed by atoms with Crippen molar-refractivity contribution in [2.75, 3.05) is 32.5 Å². The number of likely N-dealkylation sites (N-methyl/N-ethyl adjacent to an activating group) is 1. The number of anilines is 1. The summed E-state index contributed by atoms with van der Waals surface area (Å²) in [4.78, 5) is 6.50. The molecule has 1 unspecified atom stereocenters. The van der Waals surface area contributed by atoms with Gasteiger partial charge in [0, 0.05) is 31.5 Å². The summed E-state index contributed by atoms with van der Waals surface area (Å²) in [7, 11) is 4.18. The summed E-state index contributed by atoms with van der Waals surface area (Å²) in [6.45, 7) is 6.37. The number of nitrogens with zero attached hydrogens (tertiary/aromatic N) is 3. The molecule has 0 aromatic carbocycles. The predicted octanol–water partition coefficient (Wildman–Crippen LogP) is 1.83. The summed E-state index contributed by atoms with van der Waals surface area (Å²) >= 11 is 0. The second kappa shape index (κ2) is 5.75. The van der Waals surface area contributed by atoms with Gasteiger partial charge in [-0.05, 0) is 27.4 Å². The van der Waals surface area contributed by atoms with Crippen molar-refractivity contribution in [2.45, 2.75) is 26.3 Å². The lowest BCUT2D eigenvalue weighted by Gasteiger charge is -2.20. The number of nitrogens with one attached hydrogen (secondary N) is 1. The minimum atomic E-state index is 0.446. The second-order valence-electron chi connectivity index (χ2n) is 4.20. The molecule has 4 nitrogen and oxygen atoms in total. The van der Waals surface area contributed by atoms with E-state index in [2.05, 4.69) is 47.7 Å². The van der Waals surface area contributed by atoms with Crippen LogP contribution in [-0.2, 0) is 0 Å². The van der Waals surface area contributed by atoms with Crippen molar-refractivity contribution in [3.63, 3.8) is 0 Å². The molecule has 0 bridgehead atoms. The molecule has 1 rings (SSSR count). The summed E-state index contributed by atoms with van der Waals surface area (Å²) in [6.07, 6.45) is 5.01. The van der Waals surface area contributed by atoms with Crippen LogP contribution < -0.4 is 5.32 Å². The summed E-state index contributed by atoms with van der Waals surface area (Å²) in [5.74, 6) is 0.978. The van der Waals surface area contributed by atoms with Gasteiger partial charge in [0.2, 0.25) is 5.95 Å². The predicted molar refractivity (Wildman–Crippen MR) is 64.3 cm³/mol. The van der Waals surface area contributed by atoms with Crippen molar-refractivity contribution in [1.29, 1.82) is 0 Å². The third kappa shape index (κ3) is 3.55. The molecule has 0 amide bonds. The monoisotopic (exact) mass is 210 g/mol. The van der Waals surface area contributed by atoms with E-state index in [1.165, 1.54) is 0 Å². The van der Waals surface area contributed by atoms with Gasteiger partial charge in [0.25, 0.3) is 0 Å². The highest BCUT2D eigenvalue weighted by molar-refractivity contribution is 5.26. The van der Waals surface area contributed by atoms with Crippen LogP contribution in [0.15, 0.2) is 12.4 Å². The zero-order valence-electron chi connectivity index (χ0n) is 10.2. The van der Waals surface area contributed by atoms with Crippen LogP contribution in [0.4, 0.5) is 5.95 Å². The first kappa shape index (κ1) is 12.0. The van der Waals surface area contributed by atoms with Crippen molar-refractivity contribution >= 4 is 5.95 Å². The fraction of sp³-hybridized carbons (Fsp3) is 0.727. The average molecular weight is 210 g/mol. The number of rotatable bonds is 6. The van der Waals surface area contributed by atoms with Gasteiger partial charge in [-0.25, -0.2) is 4.98 Å². The molecular formula is C11H22N4. The quantitative estimate of drug-likeness (QED) is 0.777. The normalized spacial score (nSPS) is 13.1. The van der Waals surface area contributed by atoms with E-state index in [1.807, 2.05) is 12.4 Å². The first-order valence-corrected chi connectivity index (χ1v) is 5.56. The molecule has 0 aliphatic carbocycles. The number of hydrogen-bond acceptors (Lipinski definition) is 3. The van der Waals surface area contributed by atoms with Gasteiger partial charge in [-0.3, -0.25) is 0 Å². The Hall–Kier alpha value is -1.03. The van der Waals surface area contributed by atoms with Crippen LogP contribution in [0.2, 0.25) is 0 Å². The largest absolute Gasteiger partial charge is 0.356 e. The molecule has 0 saturated carbocycles. The van der Waals surface area contributed by atoms with Gasteiger partial charge in [-0.2, -0.15) is 0 Å². The van der Waals surface area contributed by atoms with Gasteiger partial charge in [-0.1, -0.05) is 6.92 Å². The van der Waals surface area contributed by atoms with Crippen LogP contribution in [0.25, 0.3) is 0 Å². The van der Waals surface area contributed by atoms with E-state index in [4.69, 9.17) is 0 Å². The highest BCUT2D eigenvalue weighted by Crippen LogP contribution is 2.13. The molecule has 15 heavy (non-hydrogen) atoms. The Morgan fingerprint density at radius 3 is 2.87 bits per heavy atom. The van der Waals surface area contributed by atoms with Crippen LogP contribution >= 0.6 is 0 Å². The molecule has 0 radical (unpaired) electrons. The van der Waals surface area contributed by atoms with Gasteiger partial charge in [0.15, 0.2) is 0 Å². The highest BCUT2D eigenvalue weighted by atomic mass is 15.2. The average Bonchev–Trinajstić information content (AvgIpc) is 2.61. The molecule has 0 aliphatic rings. The fourth-order valence-electron chi connectivity index (χ4n) is 1.66. The van der Waals surface area contributed by atoms with E-state index in [-0.39, 0.29) is 0 Å². The lowest BCUT2D eigenvalue weighted by molar-refractivity contribution is 0.338. The van der Waals surface area contributed by atoms with Crippen molar-refractivity contribution in [1.82, 2.24) is 14.5 Å². The number of hydrogen-bond donors (Lipinski definition) is 1. The molecular weight excluding hydrogens is 188 g/mol. The Kier molecular flexibility index (Phi) is 4.62. The standard InChI is InChI=1S/C11H22N4/c1-5-6-12-11-13-7-8-15(11)10(2)9-14(3)4/h7-8,10H,5-6,9H2,1-4H3,(H,12,13). The molecule has 1 aromatic heterocycles. The van der Waals surface area contributed by atoms with E-state index in [1.54, 1.807) is 0 Å². The Balaban J connectivity index is 2.62. The van der Waals surface area contributed by atoms with Crippen molar-refractivity contribution in [3.8, 4) is 0 Å². The van der Waals surface area contributed by atoms with Gasteiger partial charge in [-0.15, -0.1) is 0 Å². The van der Waals surface area contributed by atoms with E-state index in [9.17, 15) is 0 Å². The number of aromatic nitrogens is 2. The molecule has 0 aliphatic heterocycles. The minimum absolute atomic E-state index is 0.446. The highest BCUT2D eigenvalue weighted by Gasteiger charge is 2.09. The Bertz CT molecular complexity index is 280. The molecule has 0 spiro atoms. The fourth-order valence-corrected chi connectivity index (χ4v) is 1.66. The first-order valence-electron chi connectivity index (χ1n) is 5.56. The van der Waals surface area contributed by atoms with Gasteiger partial charge < -0.3 is 14.8 Å². The zero-order valence-corrected chi connectivity index (χ0v) is 10.2. The van der Waals surface area contributed by atoms with Crippen molar-refractivity contribution < 1.29 is 0 Å². The molecule has 1 aromatic rings. The molecule has 1 N–H and O–H groups in total. The molecule has 1 atom stereocenters. The van der Waals surface area contributed by atoms with Crippen LogP contribution in [0.3, 0.4) is 0 Å². The summed E-state index contributed by atoms with van der Waals surface area (Å²) in [5.41, 5.74) is 0. The molecule has 4 heteroatoms. The lowest BCUT2D eigenvalue weighted by Crippen LogP contribution is -2.23. The lowest BCUT2D eigenvalue weighted by atomic mass is 10.3. The minimum Gasteiger partial charge on any atom is -0.356 e. The van der Waals surface area contributed by atoms with E-state index in [0.717, 1.165) is 25.5 Å². The summed E-state index contributed by atoms with van der Waals surface area (Å²) in [5, 5.41) is 3.33. The summed E-state index contributed by atoms with van der Waals surface area (Å²) in [6, 6.07) is 0.446. The van der Waals surface area contributed by atoms with E-state index >= 15 is 0 Å². The Morgan fingerprint density at radius 2 is 2.27 bits per heavy atom. The van der Waals surface area contributed by atoms with Crippen LogP contribution in [0, 0.1) is 0 Å². The van der Waals surface area contributed by atoms with Gasteiger partial charge >= 0.3 is 0 Å². The number of imidazole rings is 1. The maximum absolute atomic E-state index is 4.32. The molecule has 0 fully saturated rings. The van der Waals surface area contributed by atoms with E-state index < -0.39 is 0 Å². The van der Waals surface area contributed by atoms with Gasteiger partial charge in [0.05, 0.1) is 0 Å². The van der Waals surface area contributed by atoms with Crippen LogP contribution in [0.1, 0.15) is 26.3 Å². The van der Waals surface area contributed by atoms with E-state index in [0.29, 0.717) is 6.04 Å². The van der Waals surface area contributed by atoms with Crippen molar-refractivity contribution in [2.24, 2.45) is 0 Å². The van der Waals surface area contributed by atoms with Gasteiger partial charge in [0.1, 0.15) is 0 Å². The molecule has 0 saturated heterocycles. The third-order valence-electron chi connectivity index (χ3n) is 2.31.